The molecule has 1 aliphatic rings. The number of hydrogen-bond donors (Lipinski definition) is 2. The average molecular weight is 221 g/mol. The van der Waals surface area contributed by atoms with Gasteiger partial charge in [0.1, 0.15) is 5.76 Å². The molecule has 1 amide bonds. The van der Waals surface area contributed by atoms with Gasteiger partial charge in [0.2, 0.25) is 5.91 Å². The van der Waals surface area contributed by atoms with Crippen LogP contribution in [-0.4, -0.2) is 23.7 Å². The van der Waals surface area contributed by atoms with E-state index in [0.29, 0.717) is 18.2 Å². The zero-order valence-electron chi connectivity index (χ0n) is 8.93. The third kappa shape index (κ3) is 2.97. The Morgan fingerprint density at radius 1 is 1.62 bits per heavy atom. The van der Waals surface area contributed by atoms with Crippen LogP contribution in [0.25, 0.3) is 6.08 Å². The summed E-state index contributed by atoms with van der Waals surface area (Å²) >= 11 is 0. The Hall–Kier alpha value is -1.55. The number of hydrogen-bond acceptors (Lipinski definition) is 3. The fraction of sp³-hybridized carbons (Fsp3) is 0.417. The summed E-state index contributed by atoms with van der Waals surface area (Å²) in [5.74, 6) is 0.961. The zero-order chi connectivity index (χ0) is 11.4. The molecule has 0 aliphatic heterocycles. The lowest BCUT2D eigenvalue weighted by Crippen LogP contribution is -2.37. The topological polar surface area (TPSA) is 62.5 Å². The maximum atomic E-state index is 11.4. The van der Waals surface area contributed by atoms with Crippen LogP contribution in [-0.2, 0) is 4.79 Å². The van der Waals surface area contributed by atoms with Crippen LogP contribution in [0.3, 0.4) is 0 Å². The van der Waals surface area contributed by atoms with Crippen LogP contribution in [0.4, 0.5) is 0 Å². The van der Waals surface area contributed by atoms with Gasteiger partial charge in [-0.15, -0.1) is 0 Å². The maximum absolute atomic E-state index is 11.4. The number of rotatable bonds is 4. The van der Waals surface area contributed by atoms with Crippen molar-refractivity contribution in [1.82, 2.24) is 5.32 Å². The number of carbonyl (C=O) groups excluding carboxylic acids is 1. The first-order chi connectivity index (χ1) is 7.74. The highest BCUT2D eigenvalue weighted by atomic mass is 16.3. The second kappa shape index (κ2) is 4.99. The molecule has 2 N–H and O–H groups in total. The van der Waals surface area contributed by atoms with E-state index < -0.39 is 0 Å². The number of carbonyl (C=O) groups is 1. The van der Waals surface area contributed by atoms with Gasteiger partial charge in [-0.3, -0.25) is 4.79 Å². The normalized spacial score (nSPS) is 24.3. The van der Waals surface area contributed by atoms with E-state index in [1.54, 1.807) is 24.5 Å². The van der Waals surface area contributed by atoms with E-state index in [-0.39, 0.29) is 12.0 Å². The molecule has 1 aliphatic carbocycles. The minimum absolute atomic E-state index is 0.127. The number of amides is 1. The standard InChI is InChI=1S/C12H15NO3/c14-10-6-9(7-10)8-13-12(15)4-3-11-2-1-5-16-11/h1-5,9-10,14H,6-8H2,(H,13,15). The predicted octanol–water partition coefficient (Wildman–Crippen LogP) is 1.18. The van der Waals surface area contributed by atoms with Crippen LogP contribution in [0.2, 0.25) is 0 Å². The third-order valence-corrected chi connectivity index (χ3v) is 2.72. The number of aliphatic hydroxyl groups is 1. The van der Waals surface area contributed by atoms with Gasteiger partial charge in [-0.25, -0.2) is 0 Å². The Morgan fingerprint density at radius 2 is 2.44 bits per heavy atom. The Labute approximate surface area is 94.0 Å². The van der Waals surface area contributed by atoms with Crippen LogP contribution in [0.1, 0.15) is 18.6 Å². The first kappa shape index (κ1) is 11.0. The van der Waals surface area contributed by atoms with Crippen LogP contribution in [0.5, 0.6) is 0 Å². The summed E-state index contributed by atoms with van der Waals surface area (Å²) in [5.41, 5.74) is 0. The molecule has 4 nitrogen and oxygen atoms in total. The molecule has 0 radical (unpaired) electrons. The highest BCUT2D eigenvalue weighted by molar-refractivity contribution is 5.91. The van der Waals surface area contributed by atoms with Gasteiger partial charge in [-0.1, -0.05) is 0 Å². The molecule has 1 aromatic rings. The van der Waals surface area contributed by atoms with Crippen molar-refractivity contribution in [1.29, 1.82) is 0 Å². The van der Waals surface area contributed by atoms with Crippen molar-refractivity contribution >= 4 is 12.0 Å². The van der Waals surface area contributed by atoms with E-state index >= 15 is 0 Å². The molecule has 1 saturated carbocycles. The zero-order valence-corrected chi connectivity index (χ0v) is 8.93. The van der Waals surface area contributed by atoms with Crippen molar-refractivity contribution in [2.24, 2.45) is 5.92 Å². The molecule has 1 heterocycles. The van der Waals surface area contributed by atoms with E-state index in [4.69, 9.17) is 9.52 Å². The molecule has 0 aromatic carbocycles. The summed E-state index contributed by atoms with van der Waals surface area (Å²) in [6, 6.07) is 3.55. The van der Waals surface area contributed by atoms with E-state index in [1.807, 2.05) is 0 Å². The Balaban J connectivity index is 1.68. The summed E-state index contributed by atoms with van der Waals surface area (Å²) in [5, 5.41) is 11.9. The second-order valence-electron chi connectivity index (χ2n) is 4.09. The lowest BCUT2D eigenvalue weighted by molar-refractivity contribution is -0.117. The van der Waals surface area contributed by atoms with E-state index in [0.717, 1.165) is 12.8 Å². The molecule has 4 heteroatoms. The molecular weight excluding hydrogens is 206 g/mol. The summed E-state index contributed by atoms with van der Waals surface area (Å²) < 4.78 is 5.06. The van der Waals surface area contributed by atoms with Crippen LogP contribution < -0.4 is 5.32 Å². The summed E-state index contributed by atoms with van der Waals surface area (Å²) in [6.45, 7) is 0.637. The van der Waals surface area contributed by atoms with E-state index in [2.05, 4.69) is 5.32 Å². The third-order valence-electron chi connectivity index (χ3n) is 2.72. The molecule has 0 saturated heterocycles. The number of aliphatic hydroxyl groups excluding tert-OH is 1. The highest BCUT2D eigenvalue weighted by Gasteiger charge is 2.26. The monoisotopic (exact) mass is 221 g/mol. The Morgan fingerprint density at radius 3 is 3.06 bits per heavy atom. The van der Waals surface area contributed by atoms with Gasteiger partial charge in [0.25, 0.3) is 0 Å². The van der Waals surface area contributed by atoms with Crippen molar-refractivity contribution < 1.29 is 14.3 Å². The lowest BCUT2D eigenvalue weighted by Gasteiger charge is -2.31. The van der Waals surface area contributed by atoms with Crippen molar-refractivity contribution in [3.63, 3.8) is 0 Å². The minimum Gasteiger partial charge on any atom is -0.465 e. The molecule has 1 fully saturated rings. The molecule has 86 valence electrons. The molecule has 2 rings (SSSR count). The van der Waals surface area contributed by atoms with Gasteiger partial charge >= 0.3 is 0 Å². The average Bonchev–Trinajstić information content (AvgIpc) is 2.72. The Bertz CT molecular complexity index is 364. The minimum atomic E-state index is -0.166. The molecule has 0 spiro atoms. The molecule has 16 heavy (non-hydrogen) atoms. The highest BCUT2D eigenvalue weighted by Crippen LogP contribution is 2.25. The first-order valence-electron chi connectivity index (χ1n) is 5.41. The SMILES string of the molecule is O=C(C=Cc1ccco1)NCC1CC(O)C1. The van der Waals surface area contributed by atoms with Crippen LogP contribution in [0, 0.1) is 5.92 Å². The van der Waals surface area contributed by atoms with Gasteiger partial charge in [0.15, 0.2) is 0 Å². The quantitative estimate of drug-likeness (QED) is 0.750. The summed E-state index contributed by atoms with van der Waals surface area (Å²) in [6.07, 6.45) is 6.07. The maximum Gasteiger partial charge on any atom is 0.244 e. The molecule has 0 bridgehead atoms. The lowest BCUT2D eigenvalue weighted by atomic mass is 9.82. The van der Waals surface area contributed by atoms with Crippen molar-refractivity contribution in [2.75, 3.05) is 6.54 Å². The molecule has 0 unspecified atom stereocenters. The van der Waals surface area contributed by atoms with Crippen molar-refractivity contribution in [3.8, 4) is 0 Å². The molecule has 1 aromatic heterocycles. The van der Waals surface area contributed by atoms with Crippen molar-refractivity contribution in [2.45, 2.75) is 18.9 Å². The van der Waals surface area contributed by atoms with Gasteiger partial charge in [-0.2, -0.15) is 0 Å². The van der Waals surface area contributed by atoms with E-state index in [1.165, 1.54) is 6.08 Å². The summed E-state index contributed by atoms with van der Waals surface area (Å²) in [7, 11) is 0. The molecule has 0 atom stereocenters. The van der Waals surface area contributed by atoms with Crippen LogP contribution in [0.15, 0.2) is 28.9 Å². The fourth-order valence-electron chi connectivity index (χ4n) is 1.71. The second-order valence-corrected chi connectivity index (χ2v) is 4.09. The number of furan rings is 1. The summed E-state index contributed by atoms with van der Waals surface area (Å²) in [4.78, 5) is 11.4. The fourth-order valence-corrected chi connectivity index (χ4v) is 1.71. The predicted molar refractivity (Wildman–Crippen MR) is 59.5 cm³/mol. The molecular formula is C12H15NO3. The largest absolute Gasteiger partial charge is 0.465 e. The smallest absolute Gasteiger partial charge is 0.244 e. The Kier molecular flexibility index (Phi) is 3.41. The van der Waals surface area contributed by atoms with Gasteiger partial charge in [0, 0.05) is 12.6 Å². The van der Waals surface area contributed by atoms with Gasteiger partial charge in [-0.05, 0) is 37.0 Å². The van der Waals surface area contributed by atoms with Gasteiger partial charge in [0.05, 0.1) is 12.4 Å². The van der Waals surface area contributed by atoms with E-state index in [9.17, 15) is 4.79 Å². The first-order valence-corrected chi connectivity index (χ1v) is 5.41. The van der Waals surface area contributed by atoms with Crippen LogP contribution >= 0.6 is 0 Å². The van der Waals surface area contributed by atoms with Crippen molar-refractivity contribution in [3.05, 3.63) is 30.2 Å². The van der Waals surface area contributed by atoms with Gasteiger partial charge < -0.3 is 14.8 Å². The number of nitrogens with one attached hydrogen (secondary N) is 1.